The van der Waals surface area contributed by atoms with Gasteiger partial charge in [-0.3, -0.25) is 18.0 Å². The second-order valence-corrected chi connectivity index (χ2v) is 15.1. The fourth-order valence-electron chi connectivity index (χ4n) is 4.65. The highest BCUT2D eigenvalue weighted by Gasteiger charge is 2.58. The van der Waals surface area contributed by atoms with E-state index in [4.69, 9.17) is 8.37 Å². The van der Waals surface area contributed by atoms with Crippen molar-refractivity contribution >= 4 is 43.8 Å². The summed E-state index contributed by atoms with van der Waals surface area (Å²) in [6.07, 6.45) is 0.677. The number of carboxylic acids is 2. The van der Waals surface area contributed by atoms with Gasteiger partial charge in [-0.2, -0.15) is 16.8 Å². The fourth-order valence-corrected chi connectivity index (χ4v) is 5.40. The lowest BCUT2D eigenvalue weighted by molar-refractivity contribution is -0.164. The summed E-state index contributed by atoms with van der Waals surface area (Å²) in [6, 6.07) is 3.42. The quantitative estimate of drug-likeness (QED) is 0.267. The van der Waals surface area contributed by atoms with Gasteiger partial charge in [0, 0.05) is 30.7 Å². The predicted octanol–water partition coefficient (Wildman–Crippen LogP) is 2.56. The van der Waals surface area contributed by atoms with Crippen LogP contribution in [0.25, 0.3) is 0 Å². The van der Waals surface area contributed by atoms with Crippen LogP contribution in [-0.4, -0.2) is 99.7 Å². The topological polar surface area (TPSA) is 185 Å². The van der Waals surface area contributed by atoms with Gasteiger partial charge in [-0.05, 0) is 50.8 Å². The Morgan fingerprint density at radius 2 is 1.36 bits per heavy atom. The molecule has 0 aromatic heterocycles. The average Bonchev–Trinajstić information content (AvgIpc) is 2.76. The fraction of sp³-hybridized carbons (Fsp3) is 0.654. The summed E-state index contributed by atoms with van der Waals surface area (Å²) in [5, 5.41) is 19.8. The van der Waals surface area contributed by atoms with Crippen LogP contribution in [0.5, 0.6) is 0 Å². The Hall–Kier alpha value is -2.82. The van der Waals surface area contributed by atoms with E-state index in [9.17, 15) is 41.4 Å². The normalized spacial score (nSPS) is 14.2. The molecule has 13 nitrogen and oxygen atoms in total. The lowest BCUT2D eigenvalue weighted by atomic mass is 9.67. The molecule has 0 bridgehead atoms. The van der Waals surface area contributed by atoms with Crippen molar-refractivity contribution in [2.24, 2.45) is 5.41 Å². The van der Waals surface area contributed by atoms with Crippen LogP contribution in [0.1, 0.15) is 64.7 Å². The summed E-state index contributed by atoms with van der Waals surface area (Å²) >= 11 is 0. The standard InChI is InChI=1S/C26H41FN2O11S2/c1-24(2,3)26(23(33)34,12-11-21(30)31)29(25(4,5)6)22(32)19-10-9-18(17-20(19)27)28(13-15-39-41(7,35)36)14-16-40-42(8,37)38/h9-10,17H,11-16H2,1-8H3,(H,30,31)(H,33,34)/t26-/m0/s1. The Morgan fingerprint density at radius 3 is 1.69 bits per heavy atom. The summed E-state index contributed by atoms with van der Waals surface area (Å²) in [5.74, 6) is -4.74. The number of hydrogen-bond acceptors (Lipinski definition) is 10. The van der Waals surface area contributed by atoms with E-state index < -0.39 is 78.8 Å². The molecule has 1 aromatic rings. The van der Waals surface area contributed by atoms with Gasteiger partial charge in [-0.1, -0.05) is 20.8 Å². The molecular weight excluding hydrogens is 599 g/mol. The molecule has 1 aromatic carbocycles. The maximum atomic E-state index is 15.7. The van der Waals surface area contributed by atoms with E-state index in [0.29, 0.717) is 0 Å². The first-order chi connectivity index (χ1) is 18.8. The minimum Gasteiger partial charge on any atom is -0.481 e. The van der Waals surface area contributed by atoms with Gasteiger partial charge in [-0.15, -0.1) is 0 Å². The van der Waals surface area contributed by atoms with Crippen molar-refractivity contribution in [3.63, 3.8) is 0 Å². The highest BCUT2D eigenvalue weighted by atomic mass is 32.2. The lowest BCUT2D eigenvalue weighted by Gasteiger charge is -2.54. The second kappa shape index (κ2) is 13.7. The van der Waals surface area contributed by atoms with E-state index in [1.54, 1.807) is 41.5 Å². The predicted molar refractivity (Wildman–Crippen MR) is 153 cm³/mol. The molecule has 0 radical (unpaired) electrons. The molecule has 0 fully saturated rings. The van der Waals surface area contributed by atoms with Crippen molar-refractivity contribution in [3.05, 3.63) is 29.6 Å². The Bertz CT molecular complexity index is 1330. The molecule has 0 aliphatic heterocycles. The van der Waals surface area contributed by atoms with Crippen LogP contribution in [0.4, 0.5) is 10.1 Å². The lowest BCUT2D eigenvalue weighted by Crippen LogP contribution is -2.69. The van der Waals surface area contributed by atoms with Crippen LogP contribution in [-0.2, 0) is 38.2 Å². The summed E-state index contributed by atoms with van der Waals surface area (Å²) in [5.41, 5.74) is -4.80. The number of anilines is 1. The molecule has 0 heterocycles. The SMILES string of the molecule is CC(C)(C)N(C(=O)c1ccc(N(CCOS(C)(=O)=O)CCOS(C)(=O)=O)cc1F)[C@@](CCC(=O)O)(C(=O)O)C(C)(C)C. The summed E-state index contributed by atoms with van der Waals surface area (Å²) in [7, 11) is -7.60. The van der Waals surface area contributed by atoms with E-state index in [-0.39, 0.29) is 32.0 Å². The van der Waals surface area contributed by atoms with Crippen molar-refractivity contribution in [1.29, 1.82) is 0 Å². The third-order valence-electron chi connectivity index (χ3n) is 6.42. The average molecular weight is 641 g/mol. The Labute approximate surface area is 246 Å². The number of hydrogen-bond donors (Lipinski definition) is 2. The third-order valence-corrected chi connectivity index (χ3v) is 7.61. The monoisotopic (exact) mass is 640 g/mol. The molecule has 1 atom stereocenters. The number of halogens is 1. The van der Waals surface area contributed by atoms with Gasteiger partial charge in [0.15, 0.2) is 0 Å². The maximum absolute atomic E-state index is 15.7. The molecule has 1 rings (SSSR count). The van der Waals surface area contributed by atoms with Crippen molar-refractivity contribution in [1.82, 2.24) is 4.90 Å². The van der Waals surface area contributed by atoms with E-state index >= 15 is 4.39 Å². The molecule has 0 aliphatic rings. The summed E-state index contributed by atoms with van der Waals surface area (Å²) in [4.78, 5) is 40.7. The Balaban J connectivity index is 3.64. The highest BCUT2D eigenvalue weighted by molar-refractivity contribution is 7.86. The zero-order chi connectivity index (χ0) is 32.9. The molecule has 16 heteroatoms. The van der Waals surface area contributed by atoms with E-state index in [1.807, 2.05) is 0 Å². The van der Waals surface area contributed by atoms with Gasteiger partial charge in [0.1, 0.15) is 11.4 Å². The molecule has 0 unspecified atom stereocenters. The zero-order valence-corrected chi connectivity index (χ0v) is 26.8. The van der Waals surface area contributed by atoms with Gasteiger partial charge in [0.05, 0.1) is 31.3 Å². The van der Waals surface area contributed by atoms with Crippen molar-refractivity contribution in [2.45, 2.75) is 65.5 Å². The Morgan fingerprint density at radius 1 is 0.881 bits per heavy atom. The van der Waals surface area contributed by atoms with Crippen LogP contribution >= 0.6 is 0 Å². The second-order valence-electron chi connectivity index (χ2n) is 11.8. The summed E-state index contributed by atoms with van der Waals surface area (Å²) < 4.78 is 70.6. The molecule has 0 aliphatic carbocycles. The number of carboxylic acid groups (broad SMARTS) is 2. The van der Waals surface area contributed by atoms with Crippen molar-refractivity contribution in [3.8, 4) is 0 Å². The van der Waals surface area contributed by atoms with Crippen LogP contribution in [0, 0.1) is 11.2 Å². The molecule has 42 heavy (non-hydrogen) atoms. The van der Waals surface area contributed by atoms with Crippen molar-refractivity contribution in [2.75, 3.05) is 43.7 Å². The number of nitrogens with zero attached hydrogens (tertiary/aromatic N) is 2. The van der Waals surface area contributed by atoms with Crippen LogP contribution in [0.2, 0.25) is 0 Å². The van der Waals surface area contributed by atoms with Crippen molar-refractivity contribution < 1.29 is 54.2 Å². The van der Waals surface area contributed by atoms with Crippen LogP contribution < -0.4 is 4.90 Å². The van der Waals surface area contributed by atoms with E-state index in [1.165, 1.54) is 11.0 Å². The molecule has 0 saturated carbocycles. The first kappa shape index (κ1) is 37.2. The van der Waals surface area contributed by atoms with Gasteiger partial charge < -0.3 is 20.0 Å². The van der Waals surface area contributed by atoms with Gasteiger partial charge in [0.2, 0.25) is 0 Å². The number of carbonyl (C=O) groups is 3. The minimum absolute atomic E-state index is 0.123. The molecule has 1 amide bonds. The van der Waals surface area contributed by atoms with Gasteiger partial charge in [-0.25, -0.2) is 9.18 Å². The zero-order valence-electron chi connectivity index (χ0n) is 25.1. The largest absolute Gasteiger partial charge is 0.481 e. The molecular formula is C26H41FN2O11S2. The Kier molecular flexibility index (Phi) is 12.1. The minimum atomic E-state index is -3.80. The molecule has 0 saturated heterocycles. The number of amides is 1. The smallest absolute Gasteiger partial charge is 0.330 e. The van der Waals surface area contributed by atoms with Crippen LogP contribution in [0.15, 0.2) is 18.2 Å². The number of benzene rings is 1. The van der Waals surface area contributed by atoms with Gasteiger partial charge in [0.25, 0.3) is 26.1 Å². The number of carbonyl (C=O) groups excluding carboxylic acids is 1. The van der Waals surface area contributed by atoms with Gasteiger partial charge >= 0.3 is 11.9 Å². The van der Waals surface area contributed by atoms with E-state index in [2.05, 4.69) is 0 Å². The maximum Gasteiger partial charge on any atom is 0.330 e. The third kappa shape index (κ3) is 10.2. The molecule has 240 valence electrons. The number of aliphatic carboxylic acids is 2. The first-order valence-electron chi connectivity index (χ1n) is 12.9. The highest BCUT2D eigenvalue weighted by Crippen LogP contribution is 2.44. The number of rotatable bonds is 15. The first-order valence-corrected chi connectivity index (χ1v) is 16.5. The van der Waals surface area contributed by atoms with E-state index in [0.717, 1.165) is 29.5 Å². The molecule has 2 N–H and O–H groups in total. The summed E-state index contributed by atoms with van der Waals surface area (Å²) in [6.45, 7) is 8.41. The molecule has 0 spiro atoms. The van der Waals surface area contributed by atoms with Crippen LogP contribution in [0.3, 0.4) is 0 Å².